The van der Waals surface area contributed by atoms with E-state index < -0.39 is 0 Å². The predicted molar refractivity (Wildman–Crippen MR) is 62.7 cm³/mol. The summed E-state index contributed by atoms with van der Waals surface area (Å²) in [6, 6.07) is 0.770. The summed E-state index contributed by atoms with van der Waals surface area (Å²) in [5.41, 5.74) is 0. The molecule has 1 unspecified atom stereocenters. The van der Waals surface area contributed by atoms with Gasteiger partial charge in [-0.1, -0.05) is 32.6 Å². The maximum Gasteiger partial charge on any atom is 0.0207 e. The maximum absolute atomic E-state index is 3.65. The molecule has 0 aromatic heterocycles. The molecule has 1 N–H and O–H groups in total. The van der Waals surface area contributed by atoms with Crippen LogP contribution in [0.5, 0.6) is 0 Å². The highest BCUT2D eigenvalue weighted by atomic mass is 15.2. The lowest BCUT2D eigenvalue weighted by Gasteiger charge is -2.12. The maximum atomic E-state index is 3.65. The van der Waals surface area contributed by atoms with E-state index in [1.807, 2.05) is 0 Å². The number of nitrogens with zero attached hydrogens (tertiary/aromatic N) is 1. The Morgan fingerprint density at radius 3 is 2.64 bits per heavy atom. The highest BCUT2D eigenvalue weighted by molar-refractivity contribution is 4.78. The van der Waals surface area contributed by atoms with Gasteiger partial charge in [-0.15, -0.1) is 0 Å². The normalized spacial score (nSPS) is 23.1. The molecule has 1 heterocycles. The second-order valence-electron chi connectivity index (χ2n) is 4.62. The molecule has 0 aromatic carbocycles. The monoisotopic (exact) mass is 198 g/mol. The molecule has 0 bridgehead atoms. The van der Waals surface area contributed by atoms with Crippen LogP contribution in [0.2, 0.25) is 0 Å². The minimum Gasteiger partial charge on any atom is -0.313 e. The predicted octanol–water partition coefficient (Wildman–Crippen LogP) is 2.25. The summed E-state index contributed by atoms with van der Waals surface area (Å²) in [6.45, 7) is 6.01. The number of unbranched alkanes of at least 4 members (excludes halogenated alkanes) is 4. The average Bonchev–Trinajstić information content (AvgIpc) is 2.58. The zero-order chi connectivity index (χ0) is 10.2. The summed E-state index contributed by atoms with van der Waals surface area (Å²) < 4.78 is 0. The number of hydrogen-bond donors (Lipinski definition) is 1. The third-order valence-corrected chi connectivity index (χ3v) is 3.10. The lowest BCUT2D eigenvalue weighted by atomic mass is 10.1. The van der Waals surface area contributed by atoms with Crippen LogP contribution < -0.4 is 5.32 Å². The Labute approximate surface area is 89.1 Å². The van der Waals surface area contributed by atoms with Gasteiger partial charge in [0.05, 0.1) is 0 Å². The topological polar surface area (TPSA) is 15.3 Å². The molecule has 2 heteroatoms. The van der Waals surface area contributed by atoms with Gasteiger partial charge in [-0.2, -0.15) is 0 Å². The van der Waals surface area contributed by atoms with Gasteiger partial charge in [0.15, 0.2) is 0 Å². The minimum atomic E-state index is 0.770. The summed E-state index contributed by atoms with van der Waals surface area (Å²) in [7, 11) is 2.21. The van der Waals surface area contributed by atoms with Crippen LogP contribution in [0.15, 0.2) is 0 Å². The number of likely N-dealkylation sites (N-methyl/N-ethyl adjacent to an activating group) is 1. The first-order valence-electron chi connectivity index (χ1n) is 6.25. The fraction of sp³-hybridized carbons (Fsp3) is 1.00. The molecule has 0 amide bonds. The van der Waals surface area contributed by atoms with Crippen molar-refractivity contribution in [1.82, 2.24) is 10.2 Å². The molecular formula is C12H26N2. The lowest BCUT2D eigenvalue weighted by Crippen LogP contribution is -2.32. The van der Waals surface area contributed by atoms with Crippen molar-refractivity contribution in [3.8, 4) is 0 Å². The molecule has 1 aliphatic rings. The van der Waals surface area contributed by atoms with Crippen molar-refractivity contribution in [1.29, 1.82) is 0 Å². The van der Waals surface area contributed by atoms with Crippen molar-refractivity contribution in [2.75, 3.05) is 26.7 Å². The molecule has 2 nitrogen and oxygen atoms in total. The molecule has 0 radical (unpaired) electrons. The molecule has 1 saturated heterocycles. The second kappa shape index (κ2) is 7.24. The molecule has 0 spiro atoms. The van der Waals surface area contributed by atoms with Gasteiger partial charge in [-0.05, 0) is 33.0 Å². The molecule has 14 heavy (non-hydrogen) atoms. The van der Waals surface area contributed by atoms with Crippen LogP contribution in [0.4, 0.5) is 0 Å². The van der Waals surface area contributed by atoms with Crippen LogP contribution in [0.1, 0.15) is 45.4 Å². The van der Waals surface area contributed by atoms with Gasteiger partial charge in [-0.3, -0.25) is 0 Å². The Kier molecular flexibility index (Phi) is 6.20. The molecule has 0 saturated carbocycles. The third kappa shape index (κ3) is 4.97. The Morgan fingerprint density at radius 2 is 2.00 bits per heavy atom. The molecule has 1 atom stereocenters. The van der Waals surface area contributed by atoms with Crippen molar-refractivity contribution in [2.24, 2.45) is 0 Å². The standard InChI is InChI=1S/C12H26N2/c1-3-4-5-6-7-9-13-12-8-10-14(2)11-12/h12-13H,3-11H2,1-2H3. The summed E-state index contributed by atoms with van der Waals surface area (Å²) in [5, 5.41) is 3.65. The molecular weight excluding hydrogens is 172 g/mol. The van der Waals surface area contributed by atoms with Gasteiger partial charge in [0, 0.05) is 12.6 Å². The van der Waals surface area contributed by atoms with E-state index in [9.17, 15) is 0 Å². The second-order valence-corrected chi connectivity index (χ2v) is 4.62. The Bertz CT molecular complexity index is 136. The van der Waals surface area contributed by atoms with Crippen LogP contribution in [0.3, 0.4) is 0 Å². The quantitative estimate of drug-likeness (QED) is 0.631. The van der Waals surface area contributed by atoms with E-state index in [4.69, 9.17) is 0 Å². The van der Waals surface area contributed by atoms with Crippen LogP contribution in [-0.4, -0.2) is 37.6 Å². The minimum absolute atomic E-state index is 0.770. The Hall–Kier alpha value is -0.0800. The highest BCUT2D eigenvalue weighted by Gasteiger charge is 2.17. The van der Waals surface area contributed by atoms with Crippen molar-refractivity contribution < 1.29 is 0 Å². The zero-order valence-electron chi connectivity index (χ0n) is 9.89. The zero-order valence-corrected chi connectivity index (χ0v) is 9.89. The molecule has 1 aliphatic heterocycles. The summed E-state index contributed by atoms with van der Waals surface area (Å²) in [5.74, 6) is 0. The summed E-state index contributed by atoms with van der Waals surface area (Å²) in [6.07, 6.45) is 8.28. The lowest BCUT2D eigenvalue weighted by molar-refractivity contribution is 0.396. The molecule has 1 fully saturated rings. The van der Waals surface area contributed by atoms with Crippen molar-refractivity contribution in [3.05, 3.63) is 0 Å². The van der Waals surface area contributed by atoms with Gasteiger partial charge >= 0.3 is 0 Å². The van der Waals surface area contributed by atoms with E-state index >= 15 is 0 Å². The van der Waals surface area contributed by atoms with E-state index in [0.29, 0.717) is 0 Å². The first-order chi connectivity index (χ1) is 6.83. The molecule has 0 aliphatic carbocycles. The largest absolute Gasteiger partial charge is 0.313 e. The van der Waals surface area contributed by atoms with Gasteiger partial charge in [0.25, 0.3) is 0 Å². The number of nitrogens with one attached hydrogen (secondary N) is 1. The SMILES string of the molecule is CCCCCCCNC1CCN(C)C1. The first-order valence-corrected chi connectivity index (χ1v) is 6.25. The summed E-state index contributed by atoms with van der Waals surface area (Å²) >= 11 is 0. The van der Waals surface area contributed by atoms with Crippen molar-refractivity contribution >= 4 is 0 Å². The fourth-order valence-corrected chi connectivity index (χ4v) is 2.14. The van der Waals surface area contributed by atoms with E-state index in [0.717, 1.165) is 6.04 Å². The number of likely N-dealkylation sites (tertiary alicyclic amines) is 1. The smallest absolute Gasteiger partial charge is 0.0207 e. The van der Waals surface area contributed by atoms with E-state index in [2.05, 4.69) is 24.2 Å². The highest BCUT2D eigenvalue weighted by Crippen LogP contribution is 2.06. The molecule has 1 rings (SSSR count). The average molecular weight is 198 g/mol. The Balaban J connectivity index is 1.84. The van der Waals surface area contributed by atoms with Gasteiger partial charge in [-0.25, -0.2) is 0 Å². The van der Waals surface area contributed by atoms with E-state index in [1.54, 1.807) is 0 Å². The van der Waals surface area contributed by atoms with Gasteiger partial charge in [0.1, 0.15) is 0 Å². The van der Waals surface area contributed by atoms with Gasteiger partial charge in [0.2, 0.25) is 0 Å². The van der Waals surface area contributed by atoms with Crippen LogP contribution >= 0.6 is 0 Å². The third-order valence-electron chi connectivity index (χ3n) is 3.10. The summed E-state index contributed by atoms with van der Waals surface area (Å²) in [4.78, 5) is 2.41. The van der Waals surface area contributed by atoms with Crippen LogP contribution in [-0.2, 0) is 0 Å². The van der Waals surface area contributed by atoms with Crippen LogP contribution in [0.25, 0.3) is 0 Å². The Morgan fingerprint density at radius 1 is 1.21 bits per heavy atom. The first kappa shape index (κ1) is 12.0. The number of rotatable bonds is 7. The molecule has 0 aromatic rings. The molecule has 84 valence electrons. The van der Waals surface area contributed by atoms with Crippen molar-refractivity contribution in [2.45, 2.75) is 51.5 Å². The number of hydrogen-bond acceptors (Lipinski definition) is 2. The fourth-order valence-electron chi connectivity index (χ4n) is 2.14. The van der Waals surface area contributed by atoms with Gasteiger partial charge < -0.3 is 10.2 Å². The van der Waals surface area contributed by atoms with E-state index in [1.165, 1.54) is 58.2 Å². The van der Waals surface area contributed by atoms with Crippen LogP contribution in [0, 0.1) is 0 Å². The van der Waals surface area contributed by atoms with E-state index in [-0.39, 0.29) is 0 Å². The van der Waals surface area contributed by atoms with Crippen molar-refractivity contribution in [3.63, 3.8) is 0 Å².